The van der Waals surface area contributed by atoms with Crippen molar-refractivity contribution >= 4 is 40.4 Å². The van der Waals surface area contributed by atoms with Crippen molar-refractivity contribution in [3.8, 4) is 5.75 Å². The number of rotatable bonds is 4. The summed E-state index contributed by atoms with van der Waals surface area (Å²) in [7, 11) is 1.47. The van der Waals surface area contributed by atoms with E-state index in [0.717, 1.165) is 10.7 Å². The van der Waals surface area contributed by atoms with Crippen LogP contribution in [-0.4, -0.2) is 18.0 Å². The Balaban J connectivity index is 2.09. The monoisotopic (exact) mass is 330 g/mol. The number of aromatic nitrogens is 1. The van der Waals surface area contributed by atoms with E-state index in [1.165, 1.54) is 19.2 Å². The molecule has 1 aromatic carbocycles. The highest BCUT2D eigenvalue weighted by Gasteiger charge is 2.13. The first-order valence-corrected chi connectivity index (χ1v) is 7.37. The van der Waals surface area contributed by atoms with E-state index in [1.54, 1.807) is 11.3 Å². The Hall–Kier alpha value is -1.30. The Morgan fingerprint density at radius 3 is 2.55 bits per heavy atom. The maximum Gasteiger partial charge on any atom is 0.251 e. The van der Waals surface area contributed by atoms with E-state index in [-0.39, 0.29) is 5.91 Å². The lowest BCUT2D eigenvalue weighted by Crippen LogP contribution is -2.23. The molecule has 0 bridgehead atoms. The fourth-order valence-electron chi connectivity index (χ4n) is 1.65. The van der Waals surface area contributed by atoms with Gasteiger partial charge in [0.1, 0.15) is 0 Å². The molecular weight excluding hydrogens is 319 g/mol. The van der Waals surface area contributed by atoms with Crippen molar-refractivity contribution < 1.29 is 9.53 Å². The van der Waals surface area contributed by atoms with Crippen molar-refractivity contribution in [2.75, 3.05) is 7.11 Å². The average molecular weight is 331 g/mol. The highest BCUT2D eigenvalue weighted by atomic mass is 35.5. The molecule has 2 aromatic rings. The lowest BCUT2D eigenvalue weighted by molar-refractivity contribution is 0.0950. The number of halogens is 2. The van der Waals surface area contributed by atoms with Gasteiger partial charge >= 0.3 is 0 Å². The Morgan fingerprint density at radius 2 is 2.05 bits per heavy atom. The molecule has 0 aliphatic rings. The van der Waals surface area contributed by atoms with Crippen molar-refractivity contribution in [2.45, 2.75) is 13.5 Å². The Morgan fingerprint density at radius 1 is 1.40 bits per heavy atom. The molecule has 1 amide bonds. The van der Waals surface area contributed by atoms with Gasteiger partial charge in [-0.3, -0.25) is 4.79 Å². The van der Waals surface area contributed by atoms with E-state index >= 15 is 0 Å². The molecule has 2 rings (SSSR count). The predicted molar refractivity (Wildman–Crippen MR) is 81.0 cm³/mol. The number of amides is 1. The Labute approximate surface area is 130 Å². The highest BCUT2D eigenvalue weighted by Crippen LogP contribution is 2.33. The second kappa shape index (κ2) is 6.43. The Kier molecular flexibility index (Phi) is 4.86. The summed E-state index contributed by atoms with van der Waals surface area (Å²) in [6.45, 7) is 2.28. The van der Waals surface area contributed by atoms with E-state index in [0.29, 0.717) is 27.9 Å². The molecule has 0 fully saturated rings. The average Bonchev–Trinajstić information content (AvgIpc) is 2.81. The van der Waals surface area contributed by atoms with Crippen LogP contribution < -0.4 is 10.1 Å². The van der Waals surface area contributed by atoms with Gasteiger partial charge in [0, 0.05) is 10.9 Å². The topological polar surface area (TPSA) is 51.2 Å². The first kappa shape index (κ1) is 15.1. The van der Waals surface area contributed by atoms with Gasteiger partial charge in [-0.15, -0.1) is 11.3 Å². The van der Waals surface area contributed by atoms with Crippen LogP contribution in [-0.2, 0) is 6.54 Å². The van der Waals surface area contributed by atoms with Crippen molar-refractivity contribution in [3.63, 3.8) is 0 Å². The van der Waals surface area contributed by atoms with Crippen LogP contribution in [0.15, 0.2) is 17.5 Å². The van der Waals surface area contributed by atoms with Crippen LogP contribution in [0, 0.1) is 6.92 Å². The van der Waals surface area contributed by atoms with Crippen molar-refractivity contribution in [3.05, 3.63) is 43.8 Å². The Bertz CT molecular complexity index is 620. The molecule has 0 atom stereocenters. The van der Waals surface area contributed by atoms with Crippen LogP contribution >= 0.6 is 34.5 Å². The molecule has 20 heavy (non-hydrogen) atoms. The number of thiazole rings is 1. The van der Waals surface area contributed by atoms with Gasteiger partial charge in [-0.1, -0.05) is 23.2 Å². The molecule has 0 unspecified atom stereocenters. The molecular formula is C13H12Cl2N2O2S. The predicted octanol–water partition coefficient (Wildman–Crippen LogP) is 3.70. The SMILES string of the molecule is COc1c(Cl)cc(C(=O)NCc2csc(C)n2)cc1Cl. The number of methoxy groups -OCH3 is 1. The van der Waals surface area contributed by atoms with Gasteiger partial charge in [0.15, 0.2) is 5.75 Å². The smallest absolute Gasteiger partial charge is 0.251 e. The molecule has 106 valence electrons. The number of hydrogen-bond donors (Lipinski definition) is 1. The van der Waals surface area contributed by atoms with Gasteiger partial charge < -0.3 is 10.1 Å². The van der Waals surface area contributed by atoms with Crippen molar-refractivity contribution in [2.24, 2.45) is 0 Å². The maximum atomic E-state index is 12.0. The summed E-state index contributed by atoms with van der Waals surface area (Å²) < 4.78 is 5.04. The summed E-state index contributed by atoms with van der Waals surface area (Å²) in [6.07, 6.45) is 0. The second-order valence-electron chi connectivity index (χ2n) is 4.01. The molecule has 7 heteroatoms. The van der Waals surface area contributed by atoms with Crippen LogP contribution in [0.4, 0.5) is 0 Å². The minimum absolute atomic E-state index is 0.262. The van der Waals surface area contributed by atoms with Crippen LogP contribution in [0.3, 0.4) is 0 Å². The molecule has 0 spiro atoms. The standard InChI is InChI=1S/C13H12Cl2N2O2S/c1-7-17-9(6-20-7)5-16-13(18)8-3-10(14)12(19-2)11(15)4-8/h3-4,6H,5H2,1-2H3,(H,16,18). The summed E-state index contributed by atoms with van der Waals surface area (Å²) in [5.74, 6) is 0.0992. The second-order valence-corrected chi connectivity index (χ2v) is 5.89. The van der Waals surface area contributed by atoms with Gasteiger partial charge in [0.25, 0.3) is 5.91 Å². The van der Waals surface area contributed by atoms with Gasteiger partial charge in [0.2, 0.25) is 0 Å². The highest BCUT2D eigenvalue weighted by molar-refractivity contribution is 7.09. The molecule has 4 nitrogen and oxygen atoms in total. The van der Waals surface area contributed by atoms with Gasteiger partial charge in [-0.05, 0) is 19.1 Å². The zero-order valence-corrected chi connectivity index (χ0v) is 13.2. The quantitative estimate of drug-likeness (QED) is 0.929. The largest absolute Gasteiger partial charge is 0.494 e. The number of benzene rings is 1. The summed E-state index contributed by atoms with van der Waals surface area (Å²) >= 11 is 13.5. The third kappa shape index (κ3) is 3.42. The van der Waals surface area contributed by atoms with Crippen LogP contribution in [0.25, 0.3) is 0 Å². The number of nitrogens with zero attached hydrogens (tertiary/aromatic N) is 1. The number of aryl methyl sites for hydroxylation is 1. The number of nitrogens with one attached hydrogen (secondary N) is 1. The number of ether oxygens (including phenoxy) is 1. The number of hydrogen-bond acceptors (Lipinski definition) is 4. The minimum atomic E-state index is -0.262. The molecule has 1 heterocycles. The molecule has 0 aliphatic carbocycles. The van der Waals surface area contributed by atoms with Crippen molar-refractivity contribution in [1.82, 2.24) is 10.3 Å². The van der Waals surface area contributed by atoms with Crippen LogP contribution in [0.1, 0.15) is 21.1 Å². The number of carbonyl (C=O) groups is 1. The number of carbonyl (C=O) groups excluding carboxylic acids is 1. The summed E-state index contributed by atoms with van der Waals surface area (Å²) in [4.78, 5) is 16.3. The molecule has 0 saturated carbocycles. The lowest BCUT2D eigenvalue weighted by atomic mass is 10.2. The minimum Gasteiger partial charge on any atom is -0.494 e. The van der Waals surface area contributed by atoms with E-state index in [4.69, 9.17) is 27.9 Å². The summed E-state index contributed by atoms with van der Waals surface area (Å²) in [5.41, 5.74) is 1.21. The van der Waals surface area contributed by atoms with E-state index in [9.17, 15) is 4.79 Å². The first-order valence-electron chi connectivity index (χ1n) is 5.73. The van der Waals surface area contributed by atoms with Gasteiger partial charge in [-0.25, -0.2) is 4.98 Å². The third-order valence-corrected chi connectivity index (χ3v) is 3.95. The van der Waals surface area contributed by atoms with Crippen LogP contribution in [0.2, 0.25) is 10.0 Å². The fourth-order valence-corrected chi connectivity index (χ4v) is 2.90. The summed E-state index contributed by atoms with van der Waals surface area (Å²) in [6, 6.07) is 3.04. The van der Waals surface area contributed by atoms with Crippen molar-refractivity contribution in [1.29, 1.82) is 0 Å². The maximum absolute atomic E-state index is 12.0. The van der Waals surface area contributed by atoms with E-state index in [2.05, 4.69) is 10.3 Å². The fraction of sp³-hybridized carbons (Fsp3) is 0.231. The first-order chi connectivity index (χ1) is 9.51. The molecule has 1 aromatic heterocycles. The zero-order valence-electron chi connectivity index (χ0n) is 10.9. The normalized spacial score (nSPS) is 10.4. The third-order valence-electron chi connectivity index (χ3n) is 2.56. The van der Waals surface area contributed by atoms with Crippen LogP contribution in [0.5, 0.6) is 5.75 Å². The molecule has 0 saturated heterocycles. The zero-order chi connectivity index (χ0) is 14.7. The lowest BCUT2D eigenvalue weighted by Gasteiger charge is -2.09. The molecule has 0 aliphatic heterocycles. The van der Waals surface area contributed by atoms with Gasteiger partial charge in [-0.2, -0.15) is 0 Å². The molecule has 0 radical (unpaired) electrons. The molecule has 1 N–H and O–H groups in total. The summed E-state index contributed by atoms with van der Waals surface area (Å²) in [5, 5.41) is 6.24. The van der Waals surface area contributed by atoms with Gasteiger partial charge in [0.05, 0.1) is 34.4 Å². The van der Waals surface area contributed by atoms with E-state index in [1.807, 2.05) is 12.3 Å². The van der Waals surface area contributed by atoms with E-state index < -0.39 is 0 Å².